The van der Waals surface area contributed by atoms with Crippen LogP contribution in [0.1, 0.15) is 0 Å². The minimum absolute atomic E-state index is 0.842. The molecule has 2 aliphatic heterocycles. The monoisotopic (exact) mass is 877 g/mol. The molecule has 14 rings (SSSR count). The van der Waals surface area contributed by atoms with E-state index in [2.05, 4.69) is 217 Å². The summed E-state index contributed by atoms with van der Waals surface area (Å²) in [5.74, 6) is 1.86. The number of anilines is 3. The third-order valence-electron chi connectivity index (χ3n) is 14.3. The van der Waals surface area contributed by atoms with E-state index >= 15 is 0 Å². The molecular formula is C60H39NO3Si2. The molecule has 0 fully saturated rings. The molecule has 2 aliphatic rings. The van der Waals surface area contributed by atoms with Crippen molar-refractivity contribution in [2.45, 2.75) is 0 Å². The highest BCUT2D eigenvalue weighted by Crippen LogP contribution is 2.41. The van der Waals surface area contributed by atoms with E-state index in [-0.39, 0.29) is 0 Å². The first-order valence-corrected chi connectivity index (χ1v) is 26.6. The molecule has 6 heteroatoms. The minimum Gasteiger partial charge on any atom is -0.458 e. The Labute approximate surface area is 383 Å². The first kappa shape index (κ1) is 37.2. The first-order chi connectivity index (χ1) is 32.7. The van der Waals surface area contributed by atoms with Crippen molar-refractivity contribution in [3.8, 4) is 11.5 Å². The number of ether oxygens (including phenoxy) is 1. The van der Waals surface area contributed by atoms with Crippen molar-refractivity contribution in [1.29, 1.82) is 0 Å². The van der Waals surface area contributed by atoms with Crippen LogP contribution in [0.4, 0.5) is 17.1 Å². The van der Waals surface area contributed by atoms with Gasteiger partial charge in [-0.25, -0.2) is 0 Å². The quantitative estimate of drug-likeness (QED) is 0.162. The standard InChI is InChI=1S/C60H39NO3Si2/c1-3-17-43(18-4-1)65(44-19-5-2-6-20-44)57-29-15-16-30-58(57)66(55-27-13-11-25-51(55)64-52-26-12-14-28-56(52)66)59-36-33-42(39-60(59)65)61(40-31-34-47-45-21-7-9-23-49(45)62-53(47)37-40)41-32-35-48-46-22-8-10-24-50(46)63-54(48)38-41/h1-39H. The molecule has 0 unspecified atom stereocenters. The third kappa shape index (κ3) is 5.08. The van der Waals surface area contributed by atoms with Gasteiger partial charge in [-0.15, -0.1) is 0 Å². The fraction of sp³-hybridized carbons (Fsp3) is 0. The smallest absolute Gasteiger partial charge is 0.188 e. The number of para-hydroxylation sites is 4. The normalized spacial score (nSPS) is 14.1. The summed E-state index contributed by atoms with van der Waals surface area (Å²) in [5, 5.41) is 15.3. The Morgan fingerprint density at radius 3 is 1.21 bits per heavy atom. The molecule has 0 saturated carbocycles. The summed E-state index contributed by atoms with van der Waals surface area (Å²) in [4.78, 5) is 2.40. The van der Waals surface area contributed by atoms with Crippen LogP contribution in [0.15, 0.2) is 245 Å². The van der Waals surface area contributed by atoms with Crippen molar-refractivity contribution >= 4 is 119 Å². The van der Waals surface area contributed by atoms with E-state index < -0.39 is 16.1 Å². The molecule has 2 aromatic heterocycles. The molecule has 0 saturated heterocycles. The molecule has 0 radical (unpaired) electrons. The molecular weight excluding hydrogens is 839 g/mol. The topological polar surface area (TPSA) is 38.8 Å². The molecule has 0 bridgehead atoms. The number of furan rings is 2. The van der Waals surface area contributed by atoms with E-state index in [0.717, 1.165) is 72.4 Å². The fourth-order valence-electron chi connectivity index (χ4n) is 11.6. The zero-order valence-corrected chi connectivity index (χ0v) is 37.7. The van der Waals surface area contributed by atoms with Crippen molar-refractivity contribution in [3.05, 3.63) is 237 Å². The lowest BCUT2D eigenvalue weighted by molar-refractivity contribution is 0.487. The van der Waals surface area contributed by atoms with E-state index in [1.54, 1.807) is 0 Å². The van der Waals surface area contributed by atoms with Gasteiger partial charge in [-0.3, -0.25) is 0 Å². The summed E-state index contributed by atoms with van der Waals surface area (Å²) in [5.41, 5.74) is 6.48. The molecule has 0 atom stereocenters. The maximum absolute atomic E-state index is 6.87. The Kier molecular flexibility index (Phi) is 7.99. The second-order valence-corrected chi connectivity index (χ2v) is 24.9. The van der Waals surface area contributed by atoms with Crippen molar-refractivity contribution in [3.63, 3.8) is 0 Å². The number of hydrogen-bond donors (Lipinski definition) is 0. The van der Waals surface area contributed by atoms with Crippen LogP contribution in [0, 0.1) is 0 Å². The summed E-state index contributed by atoms with van der Waals surface area (Å²) in [6.07, 6.45) is 0. The van der Waals surface area contributed by atoms with Gasteiger partial charge in [0.05, 0.1) is 0 Å². The lowest BCUT2D eigenvalue weighted by Crippen LogP contribution is -2.93. The summed E-state index contributed by atoms with van der Waals surface area (Å²) in [7, 11) is -6.18. The van der Waals surface area contributed by atoms with Crippen LogP contribution in [0.25, 0.3) is 43.9 Å². The maximum Gasteiger partial charge on any atom is 0.188 e. The first-order valence-electron chi connectivity index (χ1n) is 22.6. The average Bonchev–Trinajstić information content (AvgIpc) is 3.95. The molecule has 0 aliphatic carbocycles. The van der Waals surface area contributed by atoms with Gasteiger partial charge in [0.1, 0.15) is 33.8 Å². The molecule has 1 spiro atoms. The Bertz CT molecular complexity index is 3700. The van der Waals surface area contributed by atoms with Crippen LogP contribution in [-0.2, 0) is 0 Å². The zero-order chi connectivity index (χ0) is 43.4. The molecule has 0 N–H and O–H groups in total. The Morgan fingerprint density at radius 2 is 0.667 bits per heavy atom. The number of hydrogen-bond acceptors (Lipinski definition) is 4. The lowest BCUT2D eigenvalue weighted by Gasteiger charge is -2.50. The fourth-order valence-corrected chi connectivity index (χ4v) is 23.9. The van der Waals surface area contributed by atoms with Gasteiger partial charge in [0.25, 0.3) is 0 Å². The summed E-state index contributed by atoms with van der Waals surface area (Å²) < 4.78 is 20.1. The van der Waals surface area contributed by atoms with Crippen LogP contribution < -0.4 is 51.1 Å². The van der Waals surface area contributed by atoms with Gasteiger partial charge in [-0.2, -0.15) is 0 Å². The zero-order valence-electron chi connectivity index (χ0n) is 35.7. The molecule has 4 heterocycles. The Hall–Kier alpha value is -8.17. The summed E-state index contributed by atoms with van der Waals surface area (Å²) in [6.45, 7) is 0. The summed E-state index contributed by atoms with van der Waals surface area (Å²) in [6, 6.07) is 87.0. The van der Waals surface area contributed by atoms with E-state index in [4.69, 9.17) is 13.6 Å². The van der Waals surface area contributed by atoms with Crippen molar-refractivity contribution < 1.29 is 13.6 Å². The van der Waals surface area contributed by atoms with E-state index in [1.165, 1.54) is 41.5 Å². The Balaban J connectivity index is 1.12. The number of nitrogens with zero attached hydrogens (tertiary/aromatic N) is 1. The van der Waals surface area contributed by atoms with Gasteiger partial charge in [-0.1, -0.05) is 164 Å². The van der Waals surface area contributed by atoms with Crippen LogP contribution in [-0.4, -0.2) is 16.1 Å². The molecule has 66 heavy (non-hydrogen) atoms. The van der Waals surface area contributed by atoms with Crippen LogP contribution >= 0.6 is 0 Å². The highest BCUT2D eigenvalue weighted by molar-refractivity contribution is 7.33. The molecule has 12 aromatic rings. The SMILES string of the molecule is c1ccc([Si]2(c3ccccc3)c3ccccc3[Si]3(c4ccccc4Oc4ccccc43)c3ccc(N(c4ccc5c(c4)oc4ccccc45)c4ccc5c(c4)oc4ccccc45)cc32)cc1. The molecule has 10 aromatic carbocycles. The maximum atomic E-state index is 6.87. The van der Waals surface area contributed by atoms with E-state index in [1.807, 2.05) is 24.3 Å². The largest absolute Gasteiger partial charge is 0.458 e. The van der Waals surface area contributed by atoms with Crippen LogP contribution in [0.3, 0.4) is 0 Å². The van der Waals surface area contributed by atoms with Crippen molar-refractivity contribution in [1.82, 2.24) is 0 Å². The Morgan fingerprint density at radius 1 is 0.273 bits per heavy atom. The van der Waals surface area contributed by atoms with Crippen molar-refractivity contribution in [2.24, 2.45) is 0 Å². The van der Waals surface area contributed by atoms with Crippen LogP contribution in [0.5, 0.6) is 11.5 Å². The number of fused-ring (bicyclic) bond motifs is 14. The highest BCUT2D eigenvalue weighted by Gasteiger charge is 2.59. The average molecular weight is 878 g/mol. The molecule has 310 valence electrons. The van der Waals surface area contributed by atoms with Crippen molar-refractivity contribution in [2.75, 3.05) is 4.90 Å². The predicted molar refractivity (Wildman–Crippen MR) is 277 cm³/mol. The second-order valence-electron chi connectivity index (χ2n) is 17.5. The summed E-state index contributed by atoms with van der Waals surface area (Å²) >= 11 is 0. The lowest BCUT2D eigenvalue weighted by atomic mass is 10.1. The number of rotatable bonds is 5. The highest BCUT2D eigenvalue weighted by atomic mass is 28.3. The molecule has 4 nitrogen and oxygen atoms in total. The van der Waals surface area contributed by atoms with Gasteiger partial charge < -0.3 is 18.5 Å². The minimum atomic E-state index is -3.11. The predicted octanol–water partition coefficient (Wildman–Crippen LogP) is 10.1. The van der Waals surface area contributed by atoms with E-state index in [9.17, 15) is 0 Å². The van der Waals surface area contributed by atoms with Gasteiger partial charge >= 0.3 is 0 Å². The number of benzene rings is 10. The second kappa shape index (κ2) is 14.2. The van der Waals surface area contributed by atoms with Gasteiger partial charge in [0, 0.05) is 50.7 Å². The van der Waals surface area contributed by atoms with Gasteiger partial charge in [-0.05, 0) is 102 Å². The third-order valence-corrected chi connectivity index (χ3v) is 24.6. The van der Waals surface area contributed by atoms with Crippen LogP contribution in [0.2, 0.25) is 0 Å². The van der Waals surface area contributed by atoms with Gasteiger partial charge in [0.2, 0.25) is 0 Å². The van der Waals surface area contributed by atoms with Gasteiger partial charge in [0.15, 0.2) is 16.1 Å². The van der Waals surface area contributed by atoms with E-state index in [0.29, 0.717) is 0 Å². The molecule has 0 amide bonds.